The minimum absolute atomic E-state index is 0.727. The molecule has 0 aromatic carbocycles. The summed E-state index contributed by atoms with van der Waals surface area (Å²) in [6, 6.07) is 1.99. The Morgan fingerprint density at radius 2 is 1.83 bits per heavy atom. The minimum atomic E-state index is -6.09. The molecule has 0 saturated heterocycles. The highest BCUT2D eigenvalue weighted by atomic mass is 79.9. The van der Waals surface area contributed by atoms with Crippen LogP contribution in [0.15, 0.2) is 16.7 Å². The Hall–Kier alpha value is -0.380. The van der Waals surface area contributed by atoms with E-state index in [4.69, 9.17) is 24.6 Å². The van der Waals surface area contributed by atoms with Crippen LogP contribution in [0.3, 0.4) is 0 Å². The molecule has 0 spiro atoms. The maximum absolute atomic E-state index is 10.7. The maximum Gasteiger partial charge on any atom is 0.485 e. The minimum Gasteiger partial charge on any atom is -0.741 e. The molecular formula is C8H8BrClF3NO3S. The van der Waals surface area contributed by atoms with E-state index in [-0.39, 0.29) is 0 Å². The van der Waals surface area contributed by atoms with Crippen LogP contribution in [-0.2, 0) is 17.2 Å². The van der Waals surface area contributed by atoms with Crippen LogP contribution in [0.4, 0.5) is 13.2 Å². The van der Waals surface area contributed by atoms with Crippen LogP contribution >= 0.6 is 27.5 Å². The van der Waals surface area contributed by atoms with E-state index >= 15 is 0 Å². The van der Waals surface area contributed by atoms with E-state index < -0.39 is 15.6 Å². The van der Waals surface area contributed by atoms with Gasteiger partial charge in [0.25, 0.3) is 5.15 Å². The topological polar surface area (TPSA) is 61.1 Å². The molecule has 0 bridgehead atoms. The van der Waals surface area contributed by atoms with Gasteiger partial charge in [0, 0.05) is 5.56 Å². The normalized spacial score (nSPS) is 11.8. The van der Waals surface area contributed by atoms with Crippen molar-refractivity contribution in [2.24, 2.45) is 7.05 Å². The quantitative estimate of drug-likeness (QED) is 0.305. The Kier molecular flexibility index (Phi) is 6.05. The van der Waals surface area contributed by atoms with Crippen LogP contribution in [0.25, 0.3) is 0 Å². The molecule has 1 rings (SSSR count). The fourth-order valence-electron chi connectivity index (χ4n) is 0.827. The van der Waals surface area contributed by atoms with Gasteiger partial charge in [-0.25, -0.2) is 8.42 Å². The molecule has 0 aliphatic carbocycles. The summed E-state index contributed by atoms with van der Waals surface area (Å²) in [6.45, 7) is 2.03. The predicted octanol–water partition coefficient (Wildman–Crippen LogP) is 2.29. The van der Waals surface area contributed by atoms with Gasteiger partial charge in [-0.15, -0.1) is 0 Å². The highest BCUT2D eigenvalue weighted by molar-refractivity contribution is 9.10. The number of aryl methyl sites for hydroxylation is 2. The average molecular weight is 371 g/mol. The lowest BCUT2D eigenvalue weighted by molar-refractivity contribution is -0.670. The van der Waals surface area contributed by atoms with E-state index in [1.54, 1.807) is 0 Å². The predicted molar refractivity (Wildman–Crippen MR) is 60.8 cm³/mol. The molecule has 104 valence electrons. The van der Waals surface area contributed by atoms with Crippen LogP contribution < -0.4 is 4.57 Å². The van der Waals surface area contributed by atoms with Crippen LogP contribution in [0, 0.1) is 6.92 Å². The molecular weight excluding hydrogens is 363 g/mol. The van der Waals surface area contributed by atoms with E-state index in [1.807, 2.05) is 30.8 Å². The zero-order valence-corrected chi connectivity index (χ0v) is 12.3. The van der Waals surface area contributed by atoms with E-state index in [9.17, 15) is 13.2 Å². The van der Waals surface area contributed by atoms with Gasteiger partial charge in [-0.1, -0.05) is 0 Å². The number of aromatic nitrogens is 1. The van der Waals surface area contributed by atoms with Gasteiger partial charge in [0.05, 0.1) is 0 Å². The summed E-state index contributed by atoms with van der Waals surface area (Å²) >= 11 is 9.21. The van der Waals surface area contributed by atoms with Gasteiger partial charge in [-0.05, 0) is 40.5 Å². The summed E-state index contributed by atoms with van der Waals surface area (Å²) in [6.07, 6.45) is 1.98. The van der Waals surface area contributed by atoms with Crippen molar-refractivity contribution < 1.29 is 30.7 Å². The van der Waals surface area contributed by atoms with Crippen molar-refractivity contribution in [3.8, 4) is 0 Å². The van der Waals surface area contributed by atoms with Crippen molar-refractivity contribution in [1.29, 1.82) is 0 Å². The third-order valence-corrected chi connectivity index (χ3v) is 3.41. The molecule has 0 aliphatic rings. The second-order valence-electron chi connectivity index (χ2n) is 3.17. The third kappa shape index (κ3) is 5.51. The SMILES string of the molecule is Cc1cc(Br)c(Cl)[n+](C)c1.O=S(=O)([O-])C(F)(F)F. The maximum atomic E-state index is 10.7. The summed E-state index contributed by atoms with van der Waals surface area (Å²) in [5, 5.41) is 0.727. The van der Waals surface area contributed by atoms with Gasteiger partial charge in [0.15, 0.2) is 16.3 Å². The lowest BCUT2D eigenvalue weighted by Crippen LogP contribution is -2.29. The molecule has 0 atom stereocenters. The first kappa shape index (κ1) is 17.6. The van der Waals surface area contributed by atoms with Gasteiger partial charge >= 0.3 is 5.51 Å². The highest BCUT2D eigenvalue weighted by Crippen LogP contribution is 2.20. The monoisotopic (exact) mass is 369 g/mol. The van der Waals surface area contributed by atoms with Crippen molar-refractivity contribution >= 4 is 37.6 Å². The van der Waals surface area contributed by atoms with E-state index in [0.717, 1.165) is 9.63 Å². The summed E-state index contributed by atoms with van der Waals surface area (Å²) in [4.78, 5) is 0. The van der Waals surface area contributed by atoms with Crippen molar-refractivity contribution in [1.82, 2.24) is 0 Å². The fourth-order valence-corrected chi connectivity index (χ4v) is 1.57. The van der Waals surface area contributed by atoms with Gasteiger partial charge in [0.2, 0.25) is 0 Å². The lowest BCUT2D eigenvalue weighted by atomic mass is 10.3. The molecule has 0 radical (unpaired) electrons. The second-order valence-corrected chi connectivity index (χ2v) is 5.75. The van der Waals surface area contributed by atoms with Gasteiger partial charge in [-0.3, -0.25) is 0 Å². The molecule has 1 aromatic heterocycles. The number of pyridine rings is 1. The lowest BCUT2D eigenvalue weighted by Gasteiger charge is -2.08. The first-order valence-electron chi connectivity index (χ1n) is 4.19. The molecule has 1 aromatic rings. The Bertz CT molecular complexity index is 510. The summed E-state index contributed by atoms with van der Waals surface area (Å²) in [7, 11) is -4.17. The molecule has 0 fully saturated rings. The number of alkyl halides is 3. The average Bonchev–Trinajstić information content (AvgIpc) is 2.11. The zero-order valence-electron chi connectivity index (χ0n) is 9.12. The standard InChI is InChI=1S/C7H8BrClN.CHF3O3S/c1-5-3-6(8)7(9)10(2)4-5;2-1(3,4)8(5,6)7/h3-4H,1-2H3;(H,5,6,7)/q+1;/p-1. The Labute approximate surface area is 115 Å². The molecule has 0 unspecified atom stereocenters. The number of hydrogen-bond donors (Lipinski definition) is 0. The van der Waals surface area contributed by atoms with Crippen molar-refractivity contribution in [3.05, 3.63) is 27.5 Å². The van der Waals surface area contributed by atoms with Crippen LogP contribution in [-0.4, -0.2) is 18.5 Å². The zero-order chi connectivity index (χ0) is 14.7. The first-order chi connectivity index (χ1) is 7.86. The summed E-state index contributed by atoms with van der Waals surface area (Å²) in [5.41, 5.74) is -4.45. The Morgan fingerprint density at radius 3 is 2.11 bits per heavy atom. The highest BCUT2D eigenvalue weighted by Gasteiger charge is 2.36. The molecule has 10 heteroatoms. The van der Waals surface area contributed by atoms with Crippen LogP contribution in [0.2, 0.25) is 5.15 Å². The van der Waals surface area contributed by atoms with Crippen LogP contribution in [0.5, 0.6) is 0 Å². The Balaban J connectivity index is 0.000000331. The summed E-state index contributed by atoms with van der Waals surface area (Å²) in [5.74, 6) is 0. The Morgan fingerprint density at radius 1 is 1.44 bits per heavy atom. The second kappa shape index (κ2) is 6.18. The largest absolute Gasteiger partial charge is 0.741 e. The number of hydrogen-bond acceptors (Lipinski definition) is 3. The molecule has 0 saturated carbocycles. The van der Waals surface area contributed by atoms with Gasteiger partial charge in [-0.2, -0.15) is 17.7 Å². The molecule has 4 nitrogen and oxygen atoms in total. The molecule has 0 aliphatic heterocycles. The molecule has 1 heterocycles. The number of halogens is 5. The van der Waals surface area contributed by atoms with E-state index in [2.05, 4.69) is 15.9 Å². The molecule has 0 N–H and O–H groups in total. The third-order valence-electron chi connectivity index (χ3n) is 1.54. The van der Waals surface area contributed by atoms with Crippen LogP contribution in [0.1, 0.15) is 5.56 Å². The summed E-state index contributed by atoms with van der Waals surface area (Å²) < 4.78 is 61.7. The van der Waals surface area contributed by atoms with E-state index in [1.165, 1.54) is 5.56 Å². The van der Waals surface area contributed by atoms with Gasteiger partial charge in [0.1, 0.15) is 11.5 Å². The van der Waals surface area contributed by atoms with Crippen molar-refractivity contribution in [3.63, 3.8) is 0 Å². The number of rotatable bonds is 0. The van der Waals surface area contributed by atoms with Crippen molar-refractivity contribution in [2.75, 3.05) is 0 Å². The number of nitrogens with zero attached hydrogens (tertiary/aromatic N) is 1. The van der Waals surface area contributed by atoms with Crippen molar-refractivity contribution in [2.45, 2.75) is 12.4 Å². The van der Waals surface area contributed by atoms with Gasteiger partial charge < -0.3 is 4.55 Å². The molecule has 18 heavy (non-hydrogen) atoms. The first-order valence-corrected chi connectivity index (χ1v) is 6.77. The molecule has 0 amide bonds. The smallest absolute Gasteiger partial charge is 0.485 e. The van der Waals surface area contributed by atoms with E-state index in [0.29, 0.717) is 0 Å². The fraction of sp³-hybridized carbons (Fsp3) is 0.375.